The highest BCUT2D eigenvalue weighted by molar-refractivity contribution is 7.89. The number of ether oxygens (including phenoxy) is 1. The van der Waals surface area contributed by atoms with E-state index in [0.717, 1.165) is 51.1 Å². The molecule has 0 amide bonds. The molecule has 0 aromatic carbocycles. The first-order valence-electron chi connectivity index (χ1n) is 10.2. The van der Waals surface area contributed by atoms with E-state index >= 15 is 0 Å². The third-order valence-electron chi connectivity index (χ3n) is 6.89. The summed E-state index contributed by atoms with van der Waals surface area (Å²) in [5.74, 6) is 1.41. The van der Waals surface area contributed by atoms with Crippen LogP contribution in [0.25, 0.3) is 0 Å². The van der Waals surface area contributed by atoms with E-state index in [9.17, 15) is 8.42 Å². The minimum Gasteiger partial charge on any atom is -0.380 e. The van der Waals surface area contributed by atoms with E-state index in [1.807, 2.05) is 0 Å². The monoisotopic (exact) mass is 394 g/mol. The summed E-state index contributed by atoms with van der Waals surface area (Å²) in [5.41, 5.74) is 1.22. The number of nitrogens with zero attached hydrogens (tertiary/aromatic N) is 3. The number of hydrogen-bond donors (Lipinski definition) is 1. The summed E-state index contributed by atoms with van der Waals surface area (Å²) in [7, 11) is -1.70. The highest BCUT2D eigenvalue weighted by atomic mass is 32.2. The molecule has 5 rings (SSSR count). The molecule has 2 aliphatic heterocycles. The maximum Gasteiger partial charge on any atom is 0.260 e. The van der Waals surface area contributed by atoms with Crippen LogP contribution >= 0.6 is 0 Å². The van der Waals surface area contributed by atoms with Gasteiger partial charge in [0.2, 0.25) is 0 Å². The summed E-state index contributed by atoms with van der Waals surface area (Å²) in [6.45, 7) is 6.25. The van der Waals surface area contributed by atoms with Crippen LogP contribution in [0, 0.1) is 17.3 Å². The van der Waals surface area contributed by atoms with Crippen LogP contribution in [0.1, 0.15) is 44.2 Å². The fourth-order valence-electron chi connectivity index (χ4n) is 4.99. The van der Waals surface area contributed by atoms with Crippen LogP contribution in [-0.2, 0) is 21.8 Å². The van der Waals surface area contributed by atoms with E-state index in [1.165, 1.54) is 0 Å². The largest absolute Gasteiger partial charge is 0.380 e. The van der Waals surface area contributed by atoms with Crippen LogP contribution in [0.3, 0.4) is 0 Å². The van der Waals surface area contributed by atoms with Gasteiger partial charge in [-0.3, -0.25) is 4.68 Å². The Hall–Kier alpha value is -0.960. The van der Waals surface area contributed by atoms with Gasteiger partial charge in [0.25, 0.3) is 10.0 Å². The Kier molecular flexibility index (Phi) is 4.20. The van der Waals surface area contributed by atoms with E-state index in [-0.39, 0.29) is 5.41 Å². The average Bonchev–Trinajstić information content (AvgIpc) is 3.06. The lowest BCUT2D eigenvalue weighted by molar-refractivity contribution is -0.1000. The minimum atomic E-state index is -3.45. The third kappa shape index (κ3) is 3.24. The van der Waals surface area contributed by atoms with Crippen molar-refractivity contribution in [3.05, 3.63) is 11.8 Å². The summed E-state index contributed by atoms with van der Waals surface area (Å²) in [5, 5.41) is 8.51. The van der Waals surface area contributed by atoms with Crippen molar-refractivity contribution in [2.45, 2.75) is 49.6 Å². The smallest absolute Gasteiger partial charge is 0.260 e. The zero-order valence-electron chi connectivity index (χ0n) is 16.2. The molecule has 1 aromatic heterocycles. The van der Waals surface area contributed by atoms with Crippen LogP contribution in [0.2, 0.25) is 0 Å². The van der Waals surface area contributed by atoms with Gasteiger partial charge in [0.15, 0.2) is 5.03 Å². The van der Waals surface area contributed by atoms with E-state index in [1.54, 1.807) is 22.1 Å². The maximum absolute atomic E-state index is 13.2. The summed E-state index contributed by atoms with van der Waals surface area (Å²) in [6.07, 6.45) is 4.41. The molecular weight excluding hydrogens is 364 g/mol. The second-order valence-corrected chi connectivity index (χ2v) is 11.4. The topological polar surface area (TPSA) is 76.5 Å². The van der Waals surface area contributed by atoms with Crippen LogP contribution in [0.4, 0.5) is 0 Å². The standard InChI is InChI=1S/C19H30N4O3S/c1-19(11-26-12-19)10-20-16-5-14-8-23(9-15(14)6-16)27(24,25)18-7-17(13-3-4-13)21-22(18)2/h7,13-16,20H,3-6,8-12H2,1-2H3/t14-,15+,16?. The zero-order valence-corrected chi connectivity index (χ0v) is 17.0. The molecular formula is C19H30N4O3S. The molecule has 2 aliphatic carbocycles. The van der Waals surface area contributed by atoms with Crippen molar-refractivity contribution in [1.29, 1.82) is 0 Å². The normalized spacial score (nSPS) is 33.2. The predicted octanol–water partition coefficient (Wildman–Crippen LogP) is 1.32. The van der Waals surface area contributed by atoms with Gasteiger partial charge in [-0.1, -0.05) is 6.92 Å². The number of fused-ring (bicyclic) bond motifs is 1. The molecule has 7 nitrogen and oxygen atoms in total. The van der Waals surface area contributed by atoms with E-state index < -0.39 is 10.0 Å². The summed E-state index contributed by atoms with van der Waals surface area (Å²) in [4.78, 5) is 0. The lowest BCUT2D eigenvalue weighted by atomic mass is 9.88. The van der Waals surface area contributed by atoms with Crippen molar-refractivity contribution in [3.8, 4) is 0 Å². The zero-order chi connectivity index (χ0) is 18.8. The number of sulfonamides is 1. The van der Waals surface area contributed by atoms with Crippen LogP contribution in [0.5, 0.6) is 0 Å². The van der Waals surface area contributed by atoms with E-state index in [0.29, 0.717) is 41.9 Å². The van der Waals surface area contributed by atoms with Crippen molar-refractivity contribution in [2.24, 2.45) is 24.3 Å². The van der Waals surface area contributed by atoms with Crippen molar-refractivity contribution in [2.75, 3.05) is 32.8 Å². The van der Waals surface area contributed by atoms with Crippen LogP contribution < -0.4 is 5.32 Å². The molecule has 4 fully saturated rings. The number of aromatic nitrogens is 2. The first kappa shape index (κ1) is 18.1. The number of aryl methyl sites for hydroxylation is 1. The molecule has 27 heavy (non-hydrogen) atoms. The Morgan fingerprint density at radius 3 is 2.48 bits per heavy atom. The quantitative estimate of drug-likeness (QED) is 0.788. The highest BCUT2D eigenvalue weighted by Crippen LogP contribution is 2.42. The first-order chi connectivity index (χ1) is 12.8. The molecule has 1 unspecified atom stereocenters. The van der Waals surface area contributed by atoms with E-state index in [4.69, 9.17) is 4.74 Å². The van der Waals surface area contributed by atoms with E-state index in [2.05, 4.69) is 17.3 Å². The Labute approximate surface area is 161 Å². The Bertz CT molecular complexity index is 814. The van der Waals surface area contributed by atoms with Crippen molar-refractivity contribution < 1.29 is 13.2 Å². The Morgan fingerprint density at radius 2 is 1.93 bits per heavy atom. The SMILES string of the molecule is Cn1nc(C2CC2)cc1S(=O)(=O)N1C[C@H]2CC(NCC3(C)COC3)C[C@H]2C1. The highest BCUT2D eigenvalue weighted by Gasteiger charge is 2.46. The maximum atomic E-state index is 13.2. The van der Waals surface area contributed by atoms with Crippen LogP contribution in [-0.4, -0.2) is 61.4 Å². The molecule has 0 spiro atoms. The number of rotatable bonds is 6. The Balaban J connectivity index is 1.22. The minimum absolute atomic E-state index is 0.284. The molecule has 4 aliphatic rings. The molecule has 0 radical (unpaired) electrons. The average molecular weight is 395 g/mol. The van der Waals surface area contributed by atoms with Crippen LogP contribution in [0.15, 0.2) is 11.1 Å². The number of hydrogen-bond acceptors (Lipinski definition) is 5. The molecule has 1 N–H and O–H groups in total. The fraction of sp³-hybridized carbons (Fsp3) is 0.842. The molecule has 3 atom stereocenters. The van der Waals surface area contributed by atoms with Gasteiger partial charge in [-0.05, 0) is 37.5 Å². The second kappa shape index (κ2) is 6.27. The van der Waals surface area contributed by atoms with Gasteiger partial charge >= 0.3 is 0 Å². The van der Waals surface area contributed by atoms with Crippen molar-refractivity contribution in [3.63, 3.8) is 0 Å². The summed E-state index contributed by atoms with van der Waals surface area (Å²) < 4.78 is 34.9. The molecule has 1 aromatic rings. The molecule has 150 valence electrons. The lowest BCUT2D eigenvalue weighted by Crippen LogP contribution is -2.49. The van der Waals surface area contributed by atoms with Gasteiger partial charge in [0.1, 0.15) is 0 Å². The van der Waals surface area contributed by atoms with Gasteiger partial charge in [0.05, 0.1) is 18.9 Å². The summed E-state index contributed by atoms with van der Waals surface area (Å²) in [6, 6.07) is 2.31. The van der Waals surface area contributed by atoms with Gasteiger partial charge in [0, 0.05) is 50.1 Å². The van der Waals surface area contributed by atoms with Gasteiger partial charge in [-0.15, -0.1) is 0 Å². The van der Waals surface area contributed by atoms with Gasteiger partial charge in [-0.25, -0.2) is 8.42 Å². The molecule has 0 bridgehead atoms. The fourth-order valence-corrected chi connectivity index (χ4v) is 6.67. The second-order valence-electron chi connectivity index (χ2n) is 9.50. The molecule has 2 saturated heterocycles. The number of nitrogens with one attached hydrogen (secondary N) is 1. The Morgan fingerprint density at radius 1 is 1.26 bits per heavy atom. The molecule has 2 saturated carbocycles. The van der Waals surface area contributed by atoms with Crippen molar-refractivity contribution >= 4 is 10.0 Å². The molecule has 8 heteroatoms. The lowest BCUT2D eigenvalue weighted by Gasteiger charge is -2.39. The first-order valence-corrected chi connectivity index (χ1v) is 11.6. The van der Waals surface area contributed by atoms with Crippen molar-refractivity contribution in [1.82, 2.24) is 19.4 Å². The third-order valence-corrected chi connectivity index (χ3v) is 8.78. The molecule has 3 heterocycles. The summed E-state index contributed by atoms with van der Waals surface area (Å²) >= 11 is 0. The van der Waals surface area contributed by atoms with Gasteiger partial charge < -0.3 is 10.1 Å². The predicted molar refractivity (Wildman–Crippen MR) is 101 cm³/mol. The van der Waals surface area contributed by atoms with Gasteiger partial charge in [-0.2, -0.15) is 9.40 Å².